The standard InChI is InChI=1S/C29H28N6O2/c1-3-24(37)35-22-9-8-20(15-22)26(35)29-33-25(27-28(30)32-12-13-34(27)29)19-6-4-18(5-7-19)23(36)16-21-14-17(2)10-11-31-21/h3-7,10-14,20,22,26H,1,8-9,15-16H2,2H3,(H2,30,32)/t20-,22?,26?/m0/s1. The van der Waals surface area contributed by atoms with Gasteiger partial charge in [0.25, 0.3) is 0 Å². The molecule has 3 atom stereocenters. The van der Waals surface area contributed by atoms with E-state index in [0.29, 0.717) is 28.5 Å². The number of nitrogens with zero attached hydrogens (tertiary/aromatic N) is 5. The van der Waals surface area contributed by atoms with Gasteiger partial charge < -0.3 is 10.6 Å². The average Bonchev–Trinajstić information content (AvgIpc) is 3.62. The molecule has 8 heteroatoms. The maximum atomic E-state index is 12.9. The van der Waals surface area contributed by atoms with Gasteiger partial charge in [-0.2, -0.15) is 0 Å². The van der Waals surface area contributed by atoms with Crippen molar-refractivity contribution in [2.45, 2.75) is 44.7 Å². The number of ketones is 1. The summed E-state index contributed by atoms with van der Waals surface area (Å²) in [4.78, 5) is 41.3. The second kappa shape index (κ2) is 8.96. The highest BCUT2D eigenvalue weighted by Gasteiger charge is 2.50. The lowest BCUT2D eigenvalue weighted by Crippen LogP contribution is -2.39. The Morgan fingerprint density at radius 2 is 1.95 bits per heavy atom. The molecule has 1 aliphatic carbocycles. The Morgan fingerprint density at radius 3 is 2.70 bits per heavy atom. The van der Waals surface area contributed by atoms with E-state index in [4.69, 9.17) is 10.7 Å². The minimum absolute atomic E-state index is 0.00165. The number of hydrogen-bond acceptors (Lipinski definition) is 6. The molecule has 37 heavy (non-hydrogen) atoms. The van der Waals surface area contributed by atoms with Crippen molar-refractivity contribution in [1.82, 2.24) is 24.3 Å². The fourth-order valence-electron chi connectivity index (χ4n) is 6.02. The number of amides is 1. The fraction of sp³-hybridized carbons (Fsp3) is 0.276. The molecule has 1 aliphatic heterocycles. The molecule has 2 aliphatic rings. The van der Waals surface area contributed by atoms with Crippen LogP contribution in [-0.4, -0.2) is 42.0 Å². The summed E-state index contributed by atoms with van der Waals surface area (Å²) in [5.41, 5.74) is 11.0. The number of nitrogen functional groups attached to an aromatic ring is 1. The van der Waals surface area contributed by atoms with Crippen LogP contribution < -0.4 is 5.73 Å². The summed E-state index contributed by atoms with van der Waals surface area (Å²) >= 11 is 0. The van der Waals surface area contributed by atoms with Crippen LogP contribution in [0.3, 0.4) is 0 Å². The van der Waals surface area contributed by atoms with Crippen molar-refractivity contribution in [2.24, 2.45) is 5.92 Å². The highest BCUT2D eigenvalue weighted by atomic mass is 16.2. The van der Waals surface area contributed by atoms with Crippen LogP contribution in [0.5, 0.6) is 0 Å². The predicted octanol–water partition coefficient (Wildman–Crippen LogP) is 4.35. The van der Waals surface area contributed by atoms with Crippen LogP contribution in [-0.2, 0) is 11.2 Å². The first-order valence-corrected chi connectivity index (χ1v) is 12.6. The van der Waals surface area contributed by atoms with Gasteiger partial charge in [0.15, 0.2) is 5.78 Å². The smallest absolute Gasteiger partial charge is 0.246 e. The molecule has 2 N–H and O–H groups in total. The number of piperidine rings is 1. The number of hydrogen-bond donors (Lipinski definition) is 1. The van der Waals surface area contributed by atoms with Crippen LogP contribution >= 0.6 is 0 Å². The number of nitrogens with two attached hydrogens (primary N) is 1. The van der Waals surface area contributed by atoms with E-state index in [1.807, 2.05) is 58.8 Å². The molecule has 1 saturated carbocycles. The second-order valence-electron chi connectivity index (χ2n) is 9.97. The lowest BCUT2D eigenvalue weighted by molar-refractivity contribution is -0.130. The van der Waals surface area contributed by atoms with Crippen molar-refractivity contribution in [3.8, 4) is 11.3 Å². The summed E-state index contributed by atoms with van der Waals surface area (Å²) in [6.45, 7) is 5.70. The number of carbonyl (C=O) groups excluding carboxylic acids is 2. The lowest BCUT2D eigenvalue weighted by Gasteiger charge is -2.33. The molecular formula is C29H28N6O2. The fourth-order valence-corrected chi connectivity index (χ4v) is 6.02. The number of carbonyl (C=O) groups is 2. The van der Waals surface area contributed by atoms with E-state index >= 15 is 0 Å². The molecule has 2 bridgehead atoms. The monoisotopic (exact) mass is 492 g/mol. The zero-order valence-corrected chi connectivity index (χ0v) is 20.7. The zero-order valence-electron chi connectivity index (χ0n) is 20.7. The van der Waals surface area contributed by atoms with Crippen molar-refractivity contribution in [1.29, 1.82) is 0 Å². The highest BCUT2D eigenvalue weighted by molar-refractivity contribution is 5.98. The summed E-state index contributed by atoms with van der Waals surface area (Å²) in [5, 5.41) is 0. The molecule has 1 saturated heterocycles. The molecule has 1 aromatic carbocycles. The van der Waals surface area contributed by atoms with Gasteiger partial charge in [-0.25, -0.2) is 9.97 Å². The van der Waals surface area contributed by atoms with Crippen molar-refractivity contribution in [3.05, 3.63) is 90.3 Å². The number of anilines is 1. The summed E-state index contributed by atoms with van der Waals surface area (Å²) in [6.07, 6.45) is 9.91. The predicted molar refractivity (Wildman–Crippen MR) is 141 cm³/mol. The van der Waals surface area contributed by atoms with Crippen LogP contribution in [0.4, 0.5) is 5.82 Å². The first-order valence-electron chi connectivity index (χ1n) is 12.6. The lowest BCUT2D eigenvalue weighted by atomic mass is 9.97. The molecule has 4 aromatic rings. The summed E-state index contributed by atoms with van der Waals surface area (Å²) in [7, 11) is 0. The second-order valence-corrected chi connectivity index (χ2v) is 9.97. The quantitative estimate of drug-likeness (QED) is 0.317. The highest BCUT2D eigenvalue weighted by Crippen LogP contribution is 2.50. The maximum absolute atomic E-state index is 12.9. The van der Waals surface area contributed by atoms with Crippen LogP contribution in [0.1, 0.15) is 52.7 Å². The van der Waals surface area contributed by atoms with E-state index in [1.54, 1.807) is 12.4 Å². The molecule has 4 heterocycles. The van der Waals surface area contributed by atoms with Gasteiger partial charge in [0, 0.05) is 41.5 Å². The van der Waals surface area contributed by atoms with Crippen molar-refractivity contribution in [3.63, 3.8) is 0 Å². The number of likely N-dealkylation sites (tertiary alicyclic amines) is 1. The minimum atomic E-state index is -0.144. The molecule has 0 spiro atoms. The van der Waals surface area contributed by atoms with E-state index in [2.05, 4.69) is 16.5 Å². The molecule has 6 rings (SSSR count). The molecule has 8 nitrogen and oxygen atoms in total. The Hall–Kier alpha value is -4.33. The SMILES string of the molecule is C=CC(=O)N1C2CC[C@@H](C2)C1c1nc(-c2ccc(C(=O)Cc3cc(C)ccn3)cc2)c2c(N)nccn12. The number of Topliss-reactive ketones (excluding diaryl/α,β-unsaturated/α-hetero) is 1. The molecule has 186 valence electrons. The van der Waals surface area contributed by atoms with E-state index in [-0.39, 0.29) is 30.2 Å². The first kappa shape index (κ1) is 23.1. The first-order chi connectivity index (χ1) is 17.9. The summed E-state index contributed by atoms with van der Waals surface area (Å²) in [5.74, 6) is 1.43. The third-order valence-electron chi connectivity index (χ3n) is 7.68. The Labute approximate surface area is 214 Å². The number of rotatable bonds is 6. The Morgan fingerprint density at radius 1 is 1.14 bits per heavy atom. The van der Waals surface area contributed by atoms with Gasteiger partial charge in [0.05, 0.1) is 12.5 Å². The van der Waals surface area contributed by atoms with E-state index < -0.39 is 0 Å². The van der Waals surface area contributed by atoms with E-state index in [9.17, 15) is 9.59 Å². The minimum Gasteiger partial charge on any atom is -0.382 e. The maximum Gasteiger partial charge on any atom is 0.246 e. The van der Waals surface area contributed by atoms with Crippen LogP contribution in [0.2, 0.25) is 0 Å². The Bertz CT molecular complexity index is 1540. The number of fused-ring (bicyclic) bond motifs is 3. The number of aryl methyl sites for hydroxylation is 1. The zero-order chi connectivity index (χ0) is 25.7. The third kappa shape index (κ3) is 3.89. The largest absolute Gasteiger partial charge is 0.382 e. The Balaban J connectivity index is 1.37. The Kier molecular flexibility index (Phi) is 5.59. The third-order valence-corrected chi connectivity index (χ3v) is 7.68. The molecule has 0 radical (unpaired) electrons. The van der Waals surface area contributed by atoms with Gasteiger partial charge in [-0.3, -0.25) is 19.0 Å². The van der Waals surface area contributed by atoms with Crippen LogP contribution in [0.15, 0.2) is 67.6 Å². The number of aromatic nitrogens is 4. The topological polar surface area (TPSA) is 106 Å². The van der Waals surface area contributed by atoms with Crippen molar-refractivity contribution in [2.75, 3.05) is 5.73 Å². The van der Waals surface area contributed by atoms with Crippen molar-refractivity contribution >= 4 is 23.0 Å². The summed E-state index contributed by atoms with van der Waals surface area (Å²) in [6, 6.07) is 11.3. The van der Waals surface area contributed by atoms with E-state index in [1.165, 1.54) is 6.08 Å². The number of pyridine rings is 1. The van der Waals surface area contributed by atoms with Crippen LogP contribution in [0, 0.1) is 12.8 Å². The van der Waals surface area contributed by atoms with E-state index in [0.717, 1.165) is 41.9 Å². The summed E-state index contributed by atoms with van der Waals surface area (Å²) < 4.78 is 1.97. The molecular weight excluding hydrogens is 464 g/mol. The van der Waals surface area contributed by atoms with Gasteiger partial charge >= 0.3 is 0 Å². The molecule has 1 amide bonds. The van der Waals surface area contributed by atoms with Gasteiger partial charge in [-0.05, 0) is 55.9 Å². The molecule has 3 aromatic heterocycles. The number of benzene rings is 1. The number of imidazole rings is 1. The molecule has 2 fully saturated rings. The van der Waals surface area contributed by atoms with Crippen LogP contribution in [0.25, 0.3) is 16.8 Å². The van der Waals surface area contributed by atoms with Gasteiger partial charge in [-0.15, -0.1) is 0 Å². The van der Waals surface area contributed by atoms with Crippen molar-refractivity contribution < 1.29 is 9.59 Å². The van der Waals surface area contributed by atoms with Gasteiger partial charge in [0.1, 0.15) is 22.9 Å². The van der Waals surface area contributed by atoms with Gasteiger partial charge in [0.2, 0.25) is 5.91 Å². The average molecular weight is 493 g/mol. The molecule has 2 unspecified atom stereocenters. The normalized spacial score (nSPS) is 20.5. The van der Waals surface area contributed by atoms with Gasteiger partial charge in [-0.1, -0.05) is 30.8 Å².